The maximum absolute atomic E-state index is 13.9. The molecule has 158 valence electrons. The molecule has 1 aliphatic rings. The zero-order chi connectivity index (χ0) is 21.2. The maximum Gasteiger partial charge on any atom is 0.573 e. The van der Waals surface area contributed by atoms with Crippen molar-refractivity contribution in [3.8, 4) is 17.2 Å². The van der Waals surface area contributed by atoms with Gasteiger partial charge in [0.05, 0.1) is 25.2 Å². The van der Waals surface area contributed by atoms with Crippen molar-refractivity contribution < 1.29 is 31.8 Å². The summed E-state index contributed by atoms with van der Waals surface area (Å²) in [5, 5.41) is 0.147. The third-order valence-electron chi connectivity index (χ3n) is 4.48. The fraction of sp³-hybridized carbons (Fsp3) is 0.400. The average Bonchev–Trinajstić information content (AvgIpc) is 3.01. The summed E-state index contributed by atoms with van der Waals surface area (Å²) in [6.45, 7) is 3.33. The Morgan fingerprint density at radius 3 is 2.17 bits per heavy atom. The van der Waals surface area contributed by atoms with E-state index in [1.165, 1.54) is 38.5 Å². The molecule has 0 saturated carbocycles. The van der Waals surface area contributed by atoms with Crippen molar-refractivity contribution >= 4 is 11.8 Å². The first-order valence-electron chi connectivity index (χ1n) is 8.85. The van der Waals surface area contributed by atoms with Gasteiger partial charge in [0.2, 0.25) is 0 Å². The molecule has 2 aromatic rings. The molecule has 1 fully saturated rings. The van der Waals surface area contributed by atoms with Gasteiger partial charge in [-0.15, -0.1) is 24.9 Å². The van der Waals surface area contributed by atoms with E-state index >= 15 is 0 Å². The topological polar surface area (TPSA) is 30.9 Å². The minimum atomic E-state index is -4.72. The lowest BCUT2D eigenvalue weighted by molar-refractivity contribution is -0.274. The van der Waals surface area contributed by atoms with Crippen LogP contribution in [0.15, 0.2) is 36.4 Å². The third-order valence-corrected chi connectivity index (χ3v) is 5.89. The monoisotopic (exact) mass is 431 g/mol. The molecular formula is C20H21F4NO3S. The first-order chi connectivity index (χ1) is 13.7. The lowest BCUT2D eigenvalue weighted by Crippen LogP contribution is -2.24. The second-order valence-electron chi connectivity index (χ2n) is 6.64. The van der Waals surface area contributed by atoms with Crippen molar-refractivity contribution in [3.05, 3.63) is 53.3 Å². The Balaban J connectivity index is 1.85. The maximum atomic E-state index is 13.9. The molecule has 2 atom stereocenters. The van der Waals surface area contributed by atoms with E-state index in [4.69, 9.17) is 9.47 Å². The summed E-state index contributed by atoms with van der Waals surface area (Å²) in [6.07, 6.45) is -4.72. The summed E-state index contributed by atoms with van der Waals surface area (Å²) in [7, 11) is 2.95. The number of hydrogen-bond acceptors (Lipinski definition) is 5. The molecular weight excluding hydrogens is 410 g/mol. The van der Waals surface area contributed by atoms with Crippen molar-refractivity contribution in [3.63, 3.8) is 0 Å². The smallest absolute Gasteiger partial charge is 0.496 e. The van der Waals surface area contributed by atoms with Crippen LogP contribution in [0.4, 0.5) is 17.6 Å². The van der Waals surface area contributed by atoms with Gasteiger partial charge in [0.1, 0.15) is 23.1 Å². The lowest BCUT2D eigenvalue weighted by Gasteiger charge is -2.26. The molecule has 1 heterocycles. The van der Waals surface area contributed by atoms with Crippen LogP contribution in [0.3, 0.4) is 0 Å². The molecule has 2 unspecified atom stereocenters. The highest BCUT2D eigenvalue weighted by molar-refractivity contribution is 8.00. The van der Waals surface area contributed by atoms with Gasteiger partial charge in [-0.2, -0.15) is 0 Å². The summed E-state index contributed by atoms with van der Waals surface area (Å²) in [4.78, 5) is 2.16. The average molecular weight is 431 g/mol. The number of benzene rings is 2. The van der Waals surface area contributed by atoms with Crippen LogP contribution in [0.25, 0.3) is 0 Å². The number of alkyl halides is 3. The summed E-state index contributed by atoms with van der Waals surface area (Å²) in [6, 6.07) is 8.44. The summed E-state index contributed by atoms with van der Waals surface area (Å²) >= 11 is 1.69. The van der Waals surface area contributed by atoms with Gasteiger partial charge in [-0.05, 0) is 17.7 Å². The van der Waals surface area contributed by atoms with Crippen molar-refractivity contribution in [2.45, 2.75) is 30.5 Å². The van der Waals surface area contributed by atoms with Crippen LogP contribution >= 0.6 is 11.8 Å². The fourth-order valence-corrected chi connectivity index (χ4v) is 4.77. The van der Waals surface area contributed by atoms with E-state index in [9.17, 15) is 17.6 Å². The number of hydrogen-bond donors (Lipinski definition) is 0. The minimum absolute atomic E-state index is 0.151. The number of rotatable bonds is 6. The SMILES string of the molecule is COc1cc(F)cc(OC)c1C1SC(C)CN1Cc1ccc(OC(F)(F)F)cc1. The standard InChI is InChI=1S/C20H21F4NO3S/c1-12-10-25(11-13-4-6-15(7-5-13)28-20(22,23)24)19(29-12)18-16(26-2)8-14(21)9-17(18)27-3/h4-9,12,19H,10-11H2,1-3H3. The van der Waals surface area contributed by atoms with Gasteiger partial charge < -0.3 is 14.2 Å². The van der Waals surface area contributed by atoms with E-state index in [1.54, 1.807) is 23.9 Å². The Labute approximate surface area is 170 Å². The Kier molecular flexibility index (Phi) is 6.48. The van der Waals surface area contributed by atoms with E-state index in [2.05, 4.69) is 16.6 Å². The molecule has 9 heteroatoms. The van der Waals surface area contributed by atoms with E-state index in [-0.39, 0.29) is 11.1 Å². The molecule has 1 aliphatic heterocycles. The predicted octanol–water partition coefficient (Wildman–Crippen LogP) is 5.38. The molecule has 0 amide bonds. The minimum Gasteiger partial charge on any atom is -0.496 e. The van der Waals surface area contributed by atoms with Crippen LogP contribution in [0.5, 0.6) is 17.2 Å². The van der Waals surface area contributed by atoms with Crippen molar-refractivity contribution in [2.24, 2.45) is 0 Å². The van der Waals surface area contributed by atoms with Crippen molar-refractivity contribution in [1.82, 2.24) is 4.90 Å². The molecule has 0 aliphatic carbocycles. The molecule has 3 rings (SSSR count). The number of ether oxygens (including phenoxy) is 3. The molecule has 0 N–H and O–H groups in total. The van der Waals surface area contributed by atoms with Gasteiger partial charge in [-0.25, -0.2) is 4.39 Å². The number of nitrogens with zero attached hydrogens (tertiary/aromatic N) is 1. The number of thioether (sulfide) groups is 1. The molecule has 0 radical (unpaired) electrons. The highest BCUT2D eigenvalue weighted by Gasteiger charge is 2.36. The van der Waals surface area contributed by atoms with Gasteiger partial charge in [0.15, 0.2) is 0 Å². The van der Waals surface area contributed by atoms with Crippen LogP contribution in [-0.4, -0.2) is 37.3 Å². The van der Waals surface area contributed by atoms with Crippen LogP contribution in [0.2, 0.25) is 0 Å². The zero-order valence-corrected chi connectivity index (χ0v) is 16.9. The largest absolute Gasteiger partial charge is 0.573 e. The highest BCUT2D eigenvalue weighted by Crippen LogP contribution is 2.49. The fourth-order valence-electron chi connectivity index (χ4n) is 3.35. The second kappa shape index (κ2) is 8.71. The van der Waals surface area contributed by atoms with Gasteiger partial charge in [0, 0.05) is 30.5 Å². The molecule has 0 aromatic heterocycles. The zero-order valence-electron chi connectivity index (χ0n) is 16.1. The van der Waals surface area contributed by atoms with Gasteiger partial charge >= 0.3 is 6.36 Å². The number of methoxy groups -OCH3 is 2. The summed E-state index contributed by atoms with van der Waals surface area (Å²) in [5.74, 6) is 0.0777. The van der Waals surface area contributed by atoms with Gasteiger partial charge in [-0.3, -0.25) is 4.90 Å². The highest BCUT2D eigenvalue weighted by atomic mass is 32.2. The van der Waals surface area contributed by atoms with Crippen molar-refractivity contribution in [2.75, 3.05) is 20.8 Å². The quantitative estimate of drug-likeness (QED) is 0.574. The van der Waals surface area contributed by atoms with Crippen LogP contribution in [0.1, 0.15) is 23.4 Å². The van der Waals surface area contributed by atoms with Gasteiger partial charge in [-0.1, -0.05) is 19.1 Å². The van der Waals surface area contributed by atoms with E-state index in [0.29, 0.717) is 23.3 Å². The normalized spacial score (nSPS) is 20.0. The summed E-state index contributed by atoms with van der Waals surface area (Å²) in [5.41, 5.74) is 1.57. The van der Waals surface area contributed by atoms with Gasteiger partial charge in [0.25, 0.3) is 0 Å². The summed E-state index contributed by atoms with van der Waals surface area (Å²) < 4.78 is 65.6. The number of halogens is 4. The Morgan fingerprint density at radius 2 is 1.66 bits per heavy atom. The van der Waals surface area contributed by atoms with E-state index in [0.717, 1.165) is 17.7 Å². The molecule has 0 bridgehead atoms. The Morgan fingerprint density at radius 1 is 1.07 bits per heavy atom. The molecule has 29 heavy (non-hydrogen) atoms. The molecule has 2 aromatic carbocycles. The first-order valence-corrected chi connectivity index (χ1v) is 9.80. The van der Waals surface area contributed by atoms with Crippen LogP contribution in [0, 0.1) is 5.82 Å². The Bertz CT molecular complexity index is 820. The molecule has 1 saturated heterocycles. The van der Waals surface area contributed by atoms with Crippen LogP contribution < -0.4 is 14.2 Å². The van der Waals surface area contributed by atoms with E-state index < -0.39 is 12.2 Å². The predicted molar refractivity (Wildman–Crippen MR) is 103 cm³/mol. The molecule has 4 nitrogen and oxygen atoms in total. The van der Waals surface area contributed by atoms with E-state index in [1.807, 2.05) is 0 Å². The first kappa shape index (κ1) is 21.6. The van der Waals surface area contributed by atoms with Crippen molar-refractivity contribution in [1.29, 1.82) is 0 Å². The third kappa shape index (κ3) is 5.27. The second-order valence-corrected chi connectivity index (χ2v) is 8.17. The molecule has 0 spiro atoms. The Hall–Kier alpha value is -2.13. The van der Waals surface area contributed by atoms with Crippen LogP contribution in [-0.2, 0) is 6.54 Å². The lowest BCUT2D eigenvalue weighted by atomic mass is 10.1.